The van der Waals surface area contributed by atoms with Gasteiger partial charge in [0.25, 0.3) is 11.8 Å². The topological polar surface area (TPSA) is 157 Å². The van der Waals surface area contributed by atoms with Crippen LogP contribution in [0.4, 0.5) is 0 Å². The first kappa shape index (κ1) is 17.4. The number of Topliss-reactive ketones (excluding diaryl/α,β-unsaturated/α-hetero) is 1. The molecule has 0 fully saturated rings. The Bertz CT molecular complexity index is 924. The van der Waals surface area contributed by atoms with Crippen molar-refractivity contribution in [1.82, 2.24) is 29.0 Å². The Balaban J connectivity index is 1.83. The summed E-state index contributed by atoms with van der Waals surface area (Å²) in [5.41, 5.74) is 6.51. The maximum absolute atomic E-state index is 12.6. The number of ketones is 1. The Hall–Kier alpha value is -3.47. The highest BCUT2D eigenvalue weighted by Crippen LogP contribution is 2.19. The van der Waals surface area contributed by atoms with Crippen LogP contribution in [-0.2, 0) is 16.0 Å². The first-order chi connectivity index (χ1) is 12.6. The molecule has 26 heavy (non-hydrogen) atoms. The number of carbonyl (C=O) groups excluding carboxylic acids is 3. The number of rotatable bonds is 7. The van der Waals surface area contributed by atoms with Crippen molar-refractivity contribution < 1.29 is 14.4 Å². The van der Waals surface area contributed by atoms with Gasteiger partial charge in [-0.15, -0.1) is 0 Å². The van der Waals surface area contributed by atoms with E-state index in [1.54, 1.807) is 24.5 Å². The van der Waals surface area contributed by atoms with Crippen LogP contribution in [-0.4, -0.2) is 47.3 Å². The minimum absolute atomic E-state index is 0.00467. The average Bonchev–Trinajstić information content (AvgIpc) is 3.32. The van der Waals surface area contributed by atoms with E-state index in [4.69, 9.17) is 5.73 Å². The van der Waals surface area contributed by atoms with Crippen molar-refractivity contribution in [3.05, 3.63) is 48.3 Å². The number of aromatic nitrogens is 5. The molecule has 4 N–H and O–H groups in total. The minimum Gasteiger partial charge on any atom is -0.367 e. The second-order valence-corrected chi connectivity index (χ2v) is 5.76. The predicted octanol–water partition coefficient (Wildman–Crippen LogP) is -0.281. The molecule has 0 aliphatic carbocycles. The van der Waals surface area contributed by atoms with E-state index in [-0.39, 0.29) is 17.8 Å². The molecular formula is C15H13N7O3S. The molecule has 3 rings (SSSR count). The van der Waals surface area contributed by atoms with Gasteiger partial charge in [0.1, 0.15) is 18.1 Å². The number of H-pyrrole nitrogens is 1. The zero-order chi connectivity index (χ0) is 18.5. The predicted molar refractivity (Wildman–Crippen MR) is 90.9 cm³/mol. The van der Waals surface area contributed by atoms with Crippen LogP contribution in [0.3, 0.4) is 0 Å². The summed E-state index contributed by atoms with van der Waals surface area (Å²) in [5, 5.41) is 2.51. The van der Waals surface area contributed by atoms with Crippen molar-refractivity contribution in [2.45, 2.75) is 12.5 Å². The van der Waals surface area contributed by atoms with Gasteiger partial charge in [-0.05, 0) is 17.7 Å². The highest BCUT2D eigenvalue weighted by atomic mass is 32.1. The number of hydrogen-bond acceptors (Lipinski definition) is 8. The highest BCUT2D eigenvalue weighted by Gasteiger charge is 2.28. The van der Waals surface area contributed by atoms with Crippen molar-refractivity contribution in [3.63, 3.8) is 0 Å². The fraction of sp³-hybridized carbons (Fsp3) is 0.133. The van der Waals surface area contributed by atoms with E-state index in [1.165, 1.54) is 12.5 Å². The number of nitrogens with two attached hydrogens (primary N) is 1. The summed E-state index contributed by atoms with van der Waals surface area (Å²) in [5.74, 6) is -2.67. The van der Waals surface area contributed by atoms with Crippen LogP contribution >= 0.6 is 11.7 Å². The molecule has 10 nitrogen and oxygen atoms in total. The minimum atomic E-state index is -1.13. The third-order valence-corrected chi connectivity index (χ3v) is 4.02. The monoisotopic (exact) mass is 371 g/mol. The number of aromatic amines is 1. The van der Waals surface area contributed by atoms with Crippen molar-refractivity contribution in [2.24, 2.45) is 5.73 Å². The summed E-state index contributed by atoms with van der Waals surface area (Å²) in [4.78, 5) is 46.7. The molecule has 0 radical (unpaired) electrons. The molecule has 132 valence electrons. The summed E-state index contributed by atoms with van der Waals surface area (Å²) in [7, 11) is 0. The van der Waals surface area contributed by atoms with Crippen molar-refractivity contribution in [3.8, 4) is 11.4 Å². The molecule has 2 amide bonds. The number of carbonyl (C=O) groups is 3. The quantitative estimate of drug-likeness (QED) is 0.482. The number of nitrogens with one attached hydrogen (secondary N) is 2. The molecule has 1 unspecified atom stereocenters. The lowest BCUT2D eigenvalue weighted by atomic mass is 10.0. The third-order valence-electron chi connectivity index (χ3n) is 3.50. The highest BCUT2D eigenvalue weighted by molar-refractivity contribution is 6.99. The molecule has 0 aliphatic rings. The Kier molecular flexibility index (Phi) is 5.08. The number of amides is 2. The Labute approximate surface area is 151 Å². The molecule has 0 bridgehead atoms. The van der Waals surface area contributed by atoms with Gasteiger partial charge in [-0.3, -0.25) is 14.4 Å². The van der Waals surface area contributed by atoms with Gasteiger partial charge in [0.05, 0.1) is 17.4 Å². The van der Waals surface area contributed by atoms with E-state index in [0.717, 1.165) is 17.3 Å². The van der Waals surface area contributed by atoms with Crippen molar-refractivity contribution in [2.75, 3.05) is 0 Å². The molecule has 0 aromatic carbocycles. The van der Waals surface area contributed by atoms with Gasteiger partial charge in [-0.2, -0.15) is 8.75 Å². The lowest BCUT2D eigenvalue weighted by molar-refractivity contribution is -0.137. The molecule has 0 saturated carbocycles. The van der Waals surface area contributed by atoms with E-state index in [0.29, 0.717) is 5.69 Å². The van der Waals surface area contributed by atoms with Crippen LogP contribution in [0.2, 0.25) is 0 Å². The second-order valence-electron chi connectivity index (χ2n) is 5.23. The van der Waals surface area contributed by atoms with E-state index in [1.807, 2.05) is 0 Å². The number of hydrogen-bond donors (Lipinski definition) is 3. The summed E-state index contributed by atoms with van der Waals surface area (Å²) in [6.45, 7) is 0. The van der Waals surface area contributed by atoms with Gasteiger partial charge in [-0.25, -0.2) is 9.97 Å². The summed E-state index contributed by atoms with van der Waals surface area (Å²) in [6.07, 6.45) is 6.26. The fourth-order valence-corrected chi connectivity index (χ4v) is 2.82. The molecule has 0 saturated heterocycles. The summed E-state index contributed by atoms with van der Waals surface area (Å²) in [6, 6.07) is 2.19. The van der Waals surface area contributed by atoms with Crippen LogP contribution in [0, 0.1) is 0 Å². The van der Waals surface area contributed by atoms with Crippen LogP contribution < -0.4 is 11.1 Å². The van der Waals surface area contributed by atoms with Crippen molar-refractivity contribution >= 4 is 29.3 Å². The standard InChI is InChI=1S/C15H13N7O3S/c16-14(24)13(23)10(5-8-1-3-17-6-8)20-15(25)12-11(21-26-22-12)9-2-4-18-7-19-9/h1-4,6-7,10,17H,5H2,(H2,16,24)(H,20,25). The third kappa shape index (κ3) is 3.78. The van der Waals surface area contributed by atoms with Crippen LogP contribution in [0.25, 0.3) is 11.4 Å². The molecular weight excluding hydrogens is 358 g/mol. The van der Waals surface area contributed by atoms with Crippen LogP contribution in [0.15, 0.2) is 37.1 Å². The molecule has 3 aromatic rings. The van der Waals surface area contributed by atoms with Gasteiger partial charge >= 0.3 is 0 Å². The lowest BCUT2D eigenvalue weighted by Crippen LogP contribution is -2.47. The summed E-state index contributed by atoms with van der Waals surface area (Å²) < 4.78 is 8.04. The van der Waals surface area contributed by atoms with Gasteiger partial charge in [-0.1, -0.05) is 0 Å². The fourth-order valence-electron chi connectivity index (χ4n) is 2.27. The smallest absolute Gasteiger partial charge is 0.287 e. The average molecular weight is 371 g/mol. The molecule has 1 atom stereocenters. The number of primary amides is 1. The van der Waals surface area contributed by atoms with Crippen molar-refractivity contribution in [1.29, 1.82) is 0 Å². The first-order valence-electron chi connectivity index (χ1n) is 7.41. The molecule has 3 heterocycles. The molecule has 11 heteroatoms. The van der Waals surface area contributed by atoms with Gasteiger partial charge in [0.2, 0.25) is 5.78 Å². The zero-order valence-electron chi connectivity index (χ0n) is 13.2. The summed E-state index contributed by atoms with van der Waals surface area (Å²) >= 11 is 0.834. The van der Waals surface area contributed by atoms with Gasteiger partial charge in [0, 0.05) is 25.0 Å². The van der Waals surface area contributed by atoms with E-state index < -0.39 is 23.6 Å². The first-order valence-corrected chi connectivity index (χ1v) is 8.14. The number of nitrogens with zero attached hydrogens (tertiary/aromatic N) is 4. The maximum atomic E-state index is 12.6. The zero-order valence-corrected chi connectivity index (χ0v) is 14.1. The molecule has 0 aliphatic heterocycles. The Morgan fingerprint density at radius 1 is 1.27 bits per heavy atom. The maximum Gasteiger partial charge on any atom is 0.287 e. The Morgan fingerprint density at radius 3 is 2.77 bits per heavy atom. The SMILES string of the molecule is NC(=O)C(=O)C(Cc1cc[nH]c1)NC(=O)c1nsnc1-c1ccncn1. The van der Waals surface area contributed by atoms with Crippen LogP contribution in [0.5, 0.6) is 0 Å². The van der Waals surface area contributed by atoms with E-state index in [9.17, 15) is 14.4 Å². The molecule has 3 aromatic heterocycles. The van der Waals surface area contributed by atoms with Gasteiger partial charge in [0.15, 0.2) is 5.69 Å². The molecule has 0 spiro atoms. The second kappa shape index (κ2) is 7.61. The van der Waals surface area contributed by atoms with Crippen LogP contribution in [0.1, 0.15) is 16.1 Å². The van der Waals surface area contributed by atoms with E-state index in [2.05, 4.69) is 29.0 Å². The largest absolute Gasteiger partial charge is 0.367 e. The van der Waals surface area contributed by atoms with E-state index >= 15 is 0 Å². The normalized spacial score (nSPS) is 11.7. The lowest BCUT2D eigenvalue weighted by Gasteiger charge is -2.15. The van der Waals surface area contributed by atoms with Gasteiger partial charge < -0.3 is 16.0 Å². The Morgan fingerprint density at radius 2 is 2.12 bits per heavy atom.